The molecule has 0 aromatic heterocycles. The molecule has 2 rings (SSSR count). The van der Waals surface area contributed by atoms with E-state index in [-0.39, 0.29) is 15.1 Å². The third kappa shape index (κ3) is 2.88. The number of halogens is 2. The van der Waals surface area contributed by atoms with Gasteiger partial charge < -0.3 is 4.90 Å². The Morgan fingerprint density at radius 2 is 2.22 bits per heavy atom. The van der Waals surface area contributed by atoms with Gasteiger partial charge in [-0.15, -0.1) is 0 Å². The van der Waals surface area contributed by atoms with E-state index in [4.69, 9.17) is 0 Å². The van der Waals surface area contributed by atoms with Crippen molar-refractivity contribution in [2.75, 3.05) is 18.8 Å². The molecule has 0 saturated carbocycles. The van der Waals surface area contributed by atoms with Crippen molar-refractivity contribution in [2.24, 2.45) is 0 Å². The lowest BCUT2D eigenvalue weighted by atomic mass is 10.1. The first kappa shape index (κ1) is 13.9. The van der Waals surface area contributed by atoms with Gasteiger partial charge in [0, 0.05) is 23.6 Å². The first-order valence-electron chi connectivity index (χ1n) is 5.78. The van der Waals surface area contributed by atoms with Crippen LogP contribution in [0.5, 0.6) is 0 Å². The van der Waals surface area contributed by atoms with Crippen LogP contribution in [-0.2, 0) is 0 Å². The summed E-state index contributed by atoms with van der Waals surface area (Å²) in [5, 5.41) is 0. The maximum atomic E-state index is 13.4. The summed E-state index contributed by atoms with van der Waals surface area (Å²) in [6.07, 6.45) is 0. The topological polar surface area (TPSA) is 20.3 Å². The van der Waals surface area contributed by atoms with E-state index in [9.17, 15) is 9.18 Å². The van der Waals surface area contributed by atoms with Crippen molar-refractivity contribution in [3.63, 3.8) is 0 Å². The molecule has 0 spiro atoms. The maximum Gasteiger partial charge on any atom is 0.255 e. The van der Waals surface area contributed by atoms with E-state index in [2.05, 4.69) is 29.8 Å². The number of amides is 1. The Hall–Kier alpha value is -0.550. The van der Waals surface area contributed by atoms with Gasteiger partial charge >= 0.3 is 0 Å². The van der Waals surface area contributed by atoms with Gasteiger partial charge in [-0.2, -0.15) is 11.8 Å². The van der Waals surface area contributed by atoms with Gasteiger partial charge in [0.05, 0.1) is 10.0 Å². The number of nitrogens with zero attached hydrogens (tertiary/aromatic N) is 1. The van der Waals surface area contributed by atoms with Crippen molar-refractivity contribution < 1.29 is 9.18 Å². The highest BCUT2D eigenvalue weighted by Gasteiger charge is 2.31. The smallest absolute Gasteiger partial charge is 0.255 e. The normalized spacial score (nSPS) is 18.8. The van der Waals surface area contributed by atoms with Gasteiger partial charge in [-0.1, -0.05) is 6.07 Å². The lowest BCUT2D eigenvalue weighted by Crippen LogP contribution is -2.46. The van der Waals surface area contributed by atoms with E-state index in [1.54, 1.807) is 17.0 Å². The monoisotopic (exact) mass is 331 g/mol. The van der Waals surface area contributed by atoms with E-state index in [1.165, 1.54) is 6.07 Å². The summed E-state index contributed by atoms with van der Waals surface area (Å²) in [4.78, 5) is 14.2. The van der Waals surface area contributed by atoms with Crippen molar-refractivity contribution in [1.82, 2.24) is 4.90 Å². The molecule has 0 atom stereocenters. The molecule has 18 heavy (non-hydrogen) atoms. The molecule has 1 aliphatic heterocycles. The van der Waals surface area contributed by atoms with E-state index in [0.717, 1.165) is 12.3 Å². The summed E-state index contributed by atoms with van der Waals surface area (Å²) in [6, 6.07) is 4.57. The molecule has 98 valence electrons. The van der Waals surface area contributed by atoms with E-state index in [1.807, 2.05) is 11.8 Å². The molecule has 1 aliphatic rings. The molecule has 0 N–H and O–H groups in total. The fraction of sp³-hybridized carbons (Fsp3) is 0.462. The molecule has 1 heterocycles. The van der Waals surface area contributed by atoms with Crippen LogP contribution in [0, 0.1) is 5.82 Å². The zero-order valence-electron chi connectivity index (χ0n) is 10.4. The van der Waals surface area contributed by atoms with E-state index >= 15 is 0 Å². The highest BCUT2D eigenvalue weighted by atomic mass is 79.9. The Balaban J connectivity index is 2.23. The number of hydrogen-bond donors (Lipinski definition) is 0. The van der Waals surface area contributed by atoms with Crippen LogP contribution in [0.3, 0.4) is 0 Å². The summed E-state index contributed by atoms with van der Waals surface area (Å²) in [5.41, 5.74) is 0.401. The molecule has 0 bridgehead atoms. The fourth-order valence-corrected chi connectivity index (χ4v) is 3.57. The van der Waals surface area contributed by atoms with Crippen LogP contribution in [0.2, 0.25) is 0 Å². The number of benzene rings is 1. The van der Waals surface area contributed by atoms with Gasteiger partial charge in [0.15, 0.2) is 0 Å². The van der Waals surface area contributed by atoms with Crippen LogP contribution in [0.15, 0.2) is 22.7 Å². The maximum absolute atomic E-state index is 13.4. The van der Waals surface area contributed by atoms with Gasteiger partial charge in [-0.25, -0.2) is 4.39 Å². The third-order valence-corrected chi connectivity index (χ3v) is 5.00. The Kier molecular flexibility index (Phi) is 4.02. The molecular formula is C13H15BrFNOS. The van der Waals surface area contributed by atoms with Crippen molar-refractivity contribution in [3.05, 3.63) is 34.1 Å². The SMILES string of the molecule is CC1(C)CN(C(=O)c2cccc(F)c2Br)CCS1. The summed E-state index contributed by atoms with van der Waals surface area (Å²) < 4.78 is 13.8. The Morgan fingerprint density at radius 1 is 1.50 bits per heavy atom. The summed E-state index contributed by atoms with van der Waals surface area (Å²) in [5.74, 6) is 0.423. The summed E-state index contributed by atoms with van der Waals surface area (Å²) in [6.45, 7) is 5.66. The molecule has 1 fully saturated rings. The minimum atomic E-state index is -0.397. The lowest BCUT2D eigenvalue weighted by Gasteiger charge is -2.37. The predicted molar refractivity (Wildman–Crippen MR) is 76.5 cm³/mol. The van der Waals surface area contributed by atoms with Gasteiger partial charge in [0.1, 0.15) is 5.82 Å². The molecule has 5 heteroatoms. The molecule has 0 unspecified atom stereocenters. The second kappa shape index (κ2) is 5.21. The average molecular weight is 332 g/mol. The van der Waals surface area contributed by atoms with Crippen molar-refractivity contribution in [1.29, 1.82) is 0 Å². The number of carbonyl (C=O) groups excluding carboxylic acids is 1. The molecule has 1 saturated heterocycles. The molecule has 0 radical (unpaired) electrons. The predicted octanol–water partition coefficient (Wildman–Crippen LogP) is 3.56. The number of carbonyl (C=O) groups is 1. The largest absolute Gasteiger partial charge is 0.336 e. The molecule has 1 aromatic rings. The summed E-state index contributed by atoms with van der Waals surface area (Å²) in [7, 11) is 0. The van der Waals surface area contributed by atoms with Crippen molar-refractivity contribution in [2.45, 2.75) is 18.6 Å². The molecule has 1 amide bonds. The lowest BCUT2D eigenvalue weighted by molar-refractivity contribution is 0.0746. The Labute approximate surface area is 119 Å². The highest BCUT2D eigenvalue weighted by Crippen LogP contribution is 2.31. The molecule has 0 aliphatic carbocycles. The third-order valence-electron chi connectivity index (χ3n) is 2.89. The van der Waals surface area contributed by atoms with Gasteiger partial charge in [0.2, 0.25) is 0 Å². The summed E-state index contributed by atoms with van der Waals surface area (Å²) >= 11 is 5.01. The molecular weight excluding hydrogens is 317 g/mol. The minimum Gasteiger partial charge on any atom is -0.336 e. The minimum absolute atomic E-state index is 0.0632. The number of hydrogen-bond acceptors (Lipinski definition) is 2. The zero-order valence-corrected chi connectivity index (χ0v) is 12.8. The van der Waals surface area contributed by atoms with E-state index in [0.29, 0.717) is 12.1 Å². The first-order chi connectivity index (χ1) is 8.41. The Morgan fingerprint density at radius 3 is 2.89 bits per heavy atom. The standard InChI is InChI=1S/C13H15BrFNOS/c1-13(2)8-16(6-7-18-13)12(17)9-4-3-5-10(15)11(9)14/h3-5H,6-8H2,1-2H3. The number of rotatable bonds is 1. The second-order valence-electron chi connectivity index (χ2n) is 4.94. The fourth-order valence-electron chi connectivity index (χ4n) is 2.03. The number of thioether (sulfide) groups is 1. The second-order valence-corrected chi connectivity index (χ2v) is 7.53. The van der Waals surface area contributed by atoms with Crippen molar-refractivity contribution in [3.8, 4) is 0 Å². The van der Waals surface area contributed by atoms with Crippen LogP contribution in [0.4, 0.5) is 4.39 Å². The molecule has 2 nitrogen and oxygen atoms in total. The first-order valence-corrected chi connectivity index (χ1v) is 7.56. The zero-order chi connectivity index (χ0) is 13.3. The molecule has 1 aromatic carbocycles. The van der Waals surface area contributed by atoms with E-state index < -0.39 is 5.82 Å². The van der Waals surface area contributed by atoms with Crippen molar-refractivity contribution >= 4 is 33.6 Å². The van der Waals surface area contributed by atoms with Crippen LogP contribution in [0.1, 0.15) is 24.2 Å². The highest BCUT2D eigenvalue weighted by molar-refractivity contribution is 9.10. The van der Waals surface area contributed by atoms with Gasteiger partial charge in [0.25, 0.3) is 5.91 Å². The average Bonchev–Trinajstić information content (AvgIpc) is 2.30. The van der Waals surface area contributed by atoms with Crippen LogP contribution < -0.4 is 0 Å². The van der Waals surface area contributed by atoms with Crippen LogP contribution >= 0.6 is 27.7 Å². The van der Waals surface area contributed by atoms with Crippen LogP contribution in [-0.4, -0.2) is 34.4 Å². The Bertz CT molecular complexity index is 478. The van der Waals surface area contributed by atoms with Gasteiger partial charge in [-0.3, -0.25) is 4.79 Å². The quantitative estimate of drug-likeness (QED) is 0.784. The van der Waals surface area contributed by atoms with Crippen LogP contribution in [0.25, 0.3) is 0 Å². The van der Waals surface area contributed by atoms with Gasteiger partial charge in [-0.05, 0) is 41.9 Å².